The van der Waals surface area contributed by atoms with Crippen molar-refractivity contribution < 1.29 is 14.7 Å². The monoisotopic (exact) mass is 314 g/mol. The molecule has 3 nitrogen and oxygen atoms in total. The predicted molar refractivity (Wildman–Crippen MR) is 92.1 cm³/mol. The van der Waals surface area contributed by atoms with Crippen LogP contribution in [0.15, 0.2) is 24.3 Å². The Morgan fingerprint density at radius 3 is 2.61 bits per heavy atom. The summed E-state index contributed by atoms with van der Waals surface area (Å²) in [7, 11) is 0. The Kier molecular flexibility index (Phi) is 6.14. The highest BCUT2D eigenvalue weighted by Crippen LogP contribution is 2.34. The van der Waals surface area contributed by atoms with Crippen LogP contribution in [0.5, 0.6) is 5.75 Å². The molecule has 0 amide bonds. The van der Waals surface area contributed by atoms with Crippen molar-refractivity contribution in [3.8, 4) is 5.75 Å². The summed E-state index contributed by atoms with van der Waals surface area (Å²) >= 11 is 0. The number of hydrogen-bond acceptors (Lipinski definition) is 3. The molecule has 124 valence electrons. The second-order valence-corrected chi connectivity index (χ2v) is 6.51. The first-order chi connectivity index (χ1) is 11.0. The highest BCUT2D eigenvalue weighted by Gasteiger charge is 2.18. The van der Waals surface area contributed by atoms with Gasteiger partial charge in [0.05, 0.1) is 5.56 Å². The summed E-state index contributed by atoms with van der Waals surface area (Å²) in [5, 5.41) is 10.4. The molecule has 0 heterocycles. The predicted octanol–water partition coefficient (Wildman–Crippen LogP) is 4.72. The highest BCUT2D eigenvalue weighted by atomic mass is 16.3. The van der Waals surface area contributed by atoms with Crippen molar-refractivity contribution >= 4 is 11.6 Å². The minimum atomic E-state index is -0.103. The van der Waals surface area contributed by atoms with Gasteiger partial charge in [-0.15, -0.1) is 0 Å². The Balaban J connectivity index is 2.23. The van der Waals surface area contributed by atoms with Crippen LogP contribution in [0, 0.1) is 0 Å². The number of rotatable bonds is 7. The van der Waals surface area contributed by atoms with Crippen LogP contribution >= 0.6 is 0 Å². The highest BCUT2D eigenvalue weighted by molar-refractivity contribution is 5.97. The van der Waals surface area contributed by atoms with Crippen LogP contribution < -0.4 is 0 Å². The van der Waals surface area contributed by atoms with E-state index in [2.05, 4.69) is 12.2 Å². The number of hydrogen-bond donors (Lipinski definition) is 1. The van der Waals surface area contributed by atoms with Gasteiger partial charge in [-0.05, 0) is 69.6 Å². The van der Waals surface area contributed by atoms with Crippen LogP contribution in [-0.2, 0) is 11.2 Å². The van der Waals surface area contributed by atoms with Gasteiger partial charge in [0.25, 0.3) is 0 Å². The first-order valence-corrected chi connectivity index (χ1v) is 8.52. The molecule has 3 heteroatoms. The topological polar surface area (TPSA) is 54.4 Å². The van der Waals surface area contributed by atoms with Crippen LogP contribution in [0.2, 0.25) is 0 Å². The molecule has 1 aromatic rings. The van der Waals surface area contributed by atoms with E-state index in [1.54, 1.807) is 6.92 Å². The van der Waals surface area contributed by atoms with Gasteiger partial charge >= 0.3 is 0 Å². The molecule has 0 bridgehead atoms. The maximum Gasteiger partial charge on any atom is 0.163 e. The van der Waals surface area contributed by atoms with Crippen molar-refractivity contribution in [3.05, 3.63) is 41.0 Å². The minimum absolute atomic E-state index is 0.103. The molecule has 1 aliphatic carbocycles. The molecule has 0 spiro atoms. The van der Waals surface area contributed by atoms with Crippen molar-refractivity contribution in [2.24, 2.45) is 0 Å². The number of allylic oxidation sites excluding steroid dienone is 2. The molecule has 1 atom stereocenters. The lowest BCUT2D eigenvalue weighted by molar-refractivity contribution is -0.117. The molecule has 0 fully saturated rings. The second kappa shape index (κ2) is 8.09. The molecule has 1 aromatic carbocycles. The summed E-state index contributed by atoms with van der Waals surface area (Å²) in [4.78, 5) is 22.9. The van der Waals surface area contributed by atoms with Crippen molar-refractivity contribution in [3.63, 3.8) is 0 Å². The van der Waals surface area contributed by atoms with Gasteiger partial charge in [0, 0.05) is 12.3 Å². The van der Waals surface area contributed by atoms with Gasteiger partial charge in [-0.1, -0.05) is 18.2 Å². The molecule has 1 unspecified atom stereocenters. The van der Waals surface area contributed by atoms with Crippen LogP contribution in [0.4, 0.5) is 0 Å². The van der Waals surface area contributed by atoms with E-state index in [0.29, 0.717) is 24.3 Å². The van der Waals surface area contributed by atoms with Crippen molar-refractivity contribution in [1.82, 2.24) is 0 Å². The molecule has 0 aliphatic heterocycles. The molecule has 0 saturated heterocycles. The first kappa shape index (κ1) is 17.5. The zero-order chi connectivity index (χ0) is 16.8. The fraction of sp³-hybridized carbons (Fsp3) is 0.500. The summed E-state index contributed by atoms with van der Waals surface area (Å²) in [5.74, 6) is 0.538. The van der Waals surface area contributed by atoms with E-state index >= 15 is 0 Å². The molecule has 2 rings (SSSR count). The van der Waals surface area contributed by atoms with E-state index < -0.39 is 0 Å². The fourth-order valence-corrected chi connectivity index (χ4v) is 3.17. The van der Waals surface area contributed by atoms with E-state index in [1.807, 2.05) is 12.1 Å². The standard InChI is InChI=1S/C20H26O3/c1-14(21)8-6-7-11-17-12-18(16-9-4-3-5-10-16)13-19(15(2)22)20(17)23/h4,9,12-13,16,23H,3,5-8,10-11H2,1-2H3. The van der Waals surface area contributed by atoms with Crippen LogP contribution in [0.1, 0.15) is 79.8 Å². The molecule has 0 radical (unpaired) electrons. The average Bonchev–Trinajstić information content (AvgIpc) is 2.53. The van der Waals surface area contributed by atoms with Gasteiger partial charge in [-0.2, -0.15) is 0 Å². The molecule has 0 saturated carbocycles. The molecular weight excluding hydrogens is 288 g/mol. The largest absolute Gasteiger partial charge is 0.507 e. The fourth-order valence-electron chi connectivity index (χ4n) is 3.17. The Morgan fingerprint density at radius 1 is 1.22 bits per heavy atom. The third kappa shape index (κ3) is 4.78. The van der Waals surface area contributed by atoms with Gasteiger partial charge in [0.2, 0.25) is 0 Å². The normalized spacial score (nSPS) is 17.2. The Hall–Kier alpha value is -1.90. The summed E-state index contributed by atoms with van der Waals surface area (Å²) in [6.07, 6.45) is 10.7. The van der Waals surface area contributed by atoms with Crippen molar-refractivity contribution in [2.45, 2.75) is 64.7 Å². The number of unbranched alkanes of at least 4 members (excludes halogenated alkanes) is 1. The third-order valence-electron chi connectivity index (χ3n) is 4.50. The number of carbonyl (C=O) groups excluding carboxylic acids is 2. The number of ketones is 2. The SMILES string of the molecule is CC(=O)CCCCc1cc(C2C=CCCC2)cc(C(C)=O)c1O. The van der Waals surface area contributed by atoms with E-state index in [4.69, 9.17) is 0 Å². The van der Waals surface area contributed by atoms with Gasteiger partial charge in [-0.3, -0.25) is 4.79 Å². The second-order valence-electron chi connectivity index (χ2n) is 6.51. The zero-order valence-electron chi connectivity index (χ0n) is 14.1. The molecule has 1 N–H and O–H groups in total. The Bertz CT molecular complexity index is 614. The van der Waals surface area contributed by atoms with Crippen molar-refractivity contribution in [2.75, 3.05) is 0 Å². The Labute approximate surface area is 138 Å². The smallest absolute Gasteiger partial charge is 0.163 e. The number of Topliss-reactive ketones (excluding diaryl/α,β-unsaturated/α-hetero) is 2. The van der Waals surface area contributed by atoms with Gasteiger partial charge in [0.1, 0.15) is 11.5 Å². The third-order valence-corrected chi connectivity index (χ3v) is 4.50. The van der Waals surface area contributed by atoms with E-state index in [9.17, 15) is 14.7 Å². The number of carbonyl (C=O) groups is 2. The first-order valence-electron chi connectivity index (χ1n) is 8.52. The number of phenols is 1. The maximum absolute atomic E-state index is 11.9. The van der Waals surface area contributed by atoms with Crippen LogP contribution in [0.3, 0.4) is 0 Å². The lowest BCUT2D eigenvalue weighted by Gasteiger charge is -2.19. The summed E-state index contributed by atoms with van der Waals surface area (Å²) in [6, 6.07) is 3.88. The van der Waals surface area contributed by atoms with Crippen LogP contribution in [0.25, 0.3) is 0 Å². The van der Waals surface area contributed by atoms with E-state index in [-0.39, 0.29) is 17.3 Å². The average molecular weight is 314 g/mol. The number of aryl methyl sites for hydroxylation is 1. The van der Waals surface area contributed by atoms with Crippen LogP contribution in [-0.4, -0.2) is 16.7 Å². The maximum atomic E-state index is 11.9. The van der Waals surface area contributed by atoms with Gasteiger partial charge < -0.3 is 9.90 Å². The van der Waals surface area contributed by atoms with E-state index in [1.165, 1.54) is 6.92 Å². The molecule has 0 aromatic heterocycles. The van der Waals surface area contributed by atoms with Gasteiger partial charge in [-0.25, -0.2) is 0 Å². The summed E-state index contributed by atoms with van der Waals surface area (Å²) in [6.45, 7) is 3.09. The molecule has 1 aliphatic rings. The lowest BCUT2D eigenvalue weighted by Crippen LogP contribution is -2.05. The minimum Gasteiger partial charge on any atom is -0.507 e. The summed E-state index contributed by atoms with van der Waals surface area (Å²) < 4.78 is 0. The number of benzene rings is 1. The van der Waals surface area contributed by atoms with Gasteiger partial charge in [0.15, 0.2) is 5.78 Å². The molecular formula is C20H26O3. The zero-order valence-corrected chi connectivity index (χ0v) is 14.1. The molecule has 23 heavy (non-hydrogen) atoms. The Morgan fingerprint density at radius 2 is 2.00 bits per heavy atom. The quantitative estimate of drug-likeness (QED) is 0.450. The summed E-state index contributed by atoms with van der Waals surface area (Å²) in [5.41, 5.74) is 2.36. The van der Waals surface area contributed by atoms with Crippen molar-refractivity contribution in [1.29, 1.82) is 0 Å². The number of aromatic hydroxyl groups is 1. The van der Waals surface area contributed by atoms with E-state index in [0.717, 1.165) is 43.2 Å². The number of phenolic OH excluding ortho intramolecular Hbond substituents is 1. The lowest BCUT2D eigenvalue weighted by atomic mass is 9.86.